The van der Waals surface area contributed by atoms with Crippen LogP contribution in [0.4, 0.5) is 8.78 Å². The van der Waals surface area contributed by atoms with Crippen molar-refractivity contribution in [2.24, 2.45) is 0 Å². The van der Waals surface area contributed by atoms with E-state index in [1.165, 1.54) is 24.5 Å². The molecule has 0 unspecified atom stereocenters. The van der Waals surface area contributed by atoms with E-state index < -0.39 is 36.8 Å². The number of carbonyl (C=O) groups is 4. The smallest absolute Gasteiger partial charge is 0.340 e. The van der Waals surface area contributed by atoms with Crippen LogP contribution < -0.4 is 5.32 Å². The standard InChI is InChI=1S/C28H31F2N6O7PS/c29-28(30,44(41,42)43)18-4-7-22-16(12-18)13-23(45-22)24(37)33-20-3-1-2-19-5-6-21(36(19)26(20)39)27(40)35-10-8-34(9-11-35)25(38)17-14-31-32-15-17/h4,7,12-15,19-21H,1-3,5-6,8-11H2,(H,31,32)(H,33,37)(H2,41,42,43)/t19-,20-,21-/m0/s1. The largest absolute Gasteiger partial charge is 0.399 e. The number of aromatic nitrogens is 2. The Morgan fingerprint density at radius 2 is 1.78 bits per heavy atom. The molecule has 0 spiro atoms. The predicted octanol–water partition coefficient (Wildman–Crippen LogP) is 2.48. The summed E-state index contributed by atoms with van der Waals surface area (Å²) in [5.41, 5.74) is -4.81. The van der Waals surface area contributed by atoms with Crippen LogP contribution in [0, 0.1) is 0 Å². The van der Waals surface area contributed by atoms with E-state index >= 15 is 0 Å². The highest BCUT2D eigenvalue weighted by Gasteiger charge is 2.50. The van der Waals surface area contributed by atoms with E-state index in [1.807, 2.05) is 0 Å². The summed E-state index contributed by atoms with van der Waals surface area (Å²) in [5, 5.41) is 9.40. The van der Waals surface area contributed by atoms with Crippen LogP contribution >= 0.6 is 18.9 Å². The van der Waals surface area contributed by atoms with Gasteiger partial charge in [0.05, 0.1) is 16.6 Å². The van der Waals surface area contributed by atoms with Gasteiger partial charge in [-0.3, -0.25) is 28.8 Å². The average Bonchev–Trinajstić information content (AvgIpc) is 3.77. The summed E-state index contributed by atoms with van der Waals surface area (Å²) in [6.07, 6.45) is 5.85. The molecule has 1 aromatic carbocycles. The highest BCUT2D eigenvalue weighted by atomic mass is 32.1. The molecule has 5 heterocycles. The van der Waals surface area contributed by atoms with E-state index in [2.05, 4.69) is 15.5 Å². The summed E-state index contributed by atoms with van der Waals surface area (Å²) in [6, 6.07) is 2.78. The van der Waals surface area contributed by atoms with Crippen molar-refractivity contribution in [2.45, 2.75) is 55.9 Å². The number of alkyl halides is 2. The molecule has 240 valence electrons. The van der Waals surface area contributed by atoms with Gasteiger partial charge in [0, 0.05) is 48.7 Å². The summed E-state index contributed by atoms with van der Waals surface area (Å²) in [7, 11) is -5.76. The van der Waals surface area contributed by atoms with Gasteiger partial charge in [0.1, 0.15) is 12.1 Å². The van der Waals surface area contributed by atoms with Crippen LogP contribution in [0.25, 0.3) is 10.1 Å². The van der Waals surface area contributed by atoms with E-state index in [1.54, 1.807) is 14.7 Å². The molecule has 3 atom stereocenters. The van der Waals surface area contributed by atoms with E-state index in [0.717, 1.165) is 23.5 Å². The Morgan fingerprint density at radius 1 is 1.04 bits per heavy atom. The molecular formula is C28H31F2N6O7PS. The molecule has 0 aliphatic carbocycles. The van der Waals surface area contributed by atoms with Crippen LogP contribution in [-0.2, 0) is 19.8 Å². The number of H-pyrrole nitrogens is 1. The van der Waals surface area contributed by atoms with Crippen molar-refractivity contribution < 1.29 is 42.3 Å². The van der Waals surface area contributed by atoms with Crippen LogP contribution in [-0.4, -0.2) is 103 Å². The Balaban J connectivity index is 1.12. The van der Waals surface area contributed by atoms with E-state index in [0.29, 0.717) is 68.5 Å². The van der Waals surface area contributed by atoms with Crippen molar-refractivity contribution in [2.75, 3.05) is 26.2 Å². The van der Waals surface area contributed by atoms with E-state index in [9.17, 15) is 32.5 Å². The van der Waals surface area contributed by atoms with Gasteiger partial charge in [-0.2, -0.15) is 13.9 Å². The second-order valence-electron chi connectivity index (χ2n) is 11.5. The van der Waals surface area contributed by atoms with Crippen molar-refractivity contribution in [1.29, 1.82) is 0 Å². The van der Waals surface area contributed by atoms with Crippen molar-refractivity contribution in [3.8, 4) is 0 Å². The maximum absolute atomic E-state index is 14.2. The molecule has 3 aliphatic rings. The van der Waals surface area contributed by atoms with Crippen LogP contribution in [0.3, 0.4) is 0 Å². The van der Waals surface area contributed by atoms with Crippen LogP contribution in [0.2, 0.25) is 0 Å². The number of nitrogens with one attached hydrogen (secondary N) is 2. The van der Waals surface area contributed by atoms with Gasteiger partial charge >= 0.3 is 13.3 Å². The molecule has 45 heavy (non-hydrogen) atoms. The molecule has 6 rings (SSSR count). The Hall–Kier alpha value is -3.72. The summed E-state index contributed by atoms with van der Waals surface area (Å²) in [5.74, 6) is -1.28. The number of hydrogen-bond donors (Lipinski definition) is 4. The van der Waals surface area contributed by atoms with Gasteiger partial charge < -0.3 is 29.8 Å². The molecule has 4 amide bonds. The Labute approximate surface area is 259 Å². The minimum absolute atomic E-state index is 0.129. The molecule has 4 N–H and O–H groups in total. The maximum Gasteiger partial charge on any atom is 0.399 e. The number of amides is 4. The lowest BCUT2D eigenvalue weighted by atomic mass is 10.1. The number of hydrogen-bond acceptors (Lipinski definition) is 7. The third-order valence-electron chi connectivity index (χ3n) is 8.75. The lowest BCUT2D eigenvalue weighted by Gasteiger charge is -2.38. The van der Waals surface area contributed by atoms with Crippen LogP contribution in [0.15, 0.2) is 36.7 Å². The molecule has 3 fully saturated rings. The number of piperazine rings is 1. The minimum atomic E-state index is -5.76. The molecule has 13 nitrogen and oxygen atoms in total. The highest BCUT2D eigenvalue weighted by molar-refractivity contribution is 7.52. The summed E-state index contributed by atoms with van der Waals surface area (Å²) in [4.78, 5) is 76.6. The van der Waals surface area contributed by atoms with Crippen LogP contribution in [0.5, 0.6) is 0 Å². The first kappa shape index (κ1) is 31.3. The van der Waals surface area contributed by atoms with Crippen molar-refractivity contribution in [1.82, 2.24) is 30.2 Å². The summed E-state index contributed by atoms with van der Waals surface area (Å²) < 4.78 is 40.2. The number of rotatable bonds is 6. The molecule has 0 saturated carbocycles. The Bertz CT molecular complexity index is 1690. The lowest BCUT2D eigenvalue weighted by molar-refractivity contribution is -0.146. The zero-order chi connectivity index (χ0) is 32.1. The number of benzene rings is 1. The Morgan fingerprint density at radius 3 is 2.47 bits per heavy atom. The second-order valence-corrected chi connectivity index (χ2v) is 14.2. The number of nitrogens with zero attached hydrogens (tertiary/aromatic N) is 4. The zero-order valence-corrected chi connectivity index (χ0v) is 25.6. The molecule has 2 aromatic heterocycles. The average molecular weight is 665 g/mol. The van der Waals surface area contributed by atoms with Gasteiger partial charge in [-0.1, -0.05) is 6.07 Å². The fraction of sp³-hybridized carbons (Fsp3) is 0.464. The minimum Gasteiger partial charge on any atom is -0.340 e. The monoisotopic (exact) mass is 664 g/mol. The highest BCUT2D eigenvalue weighted by Crippen LogP contribution is 2.59. The first-order chi connectivity index (χ1) is 21.3. The summed E-state index contributed by atoms with van der Waals surface area (Å²) >= 11 is 1.00. The zero-order valence-electron chi connectivity index (χ0n) is 23.9. The fourth-order valence-electron chi connectivity index (χ4n) is 6.37. The lowest BCUT2D eigenvalue weighted by Crippen LogP contribution is -2.58. The van der Waals surface area contributed by atoms with Gasteiger partial charge in [0.2, 0.25) is 11.8 Å². The third-order valence-corrected chi connectivity index (χ3v) is 10.9. The van der Waals surface area contributed by atoms with Crippen molar-refractivity contribution >= 4 is 52.6 Å². The van der Waals surface area contributed by atoms with Gasteiger partial charge in [-0.05, 0) is 55.7 Å². The summed E-state index contributed by atoms with van der Waals surface area (Å²) in [6.45, 7) is 1.37. The molecule has 3 aliphatic heterocycles. The number of aromatic amines is 1. The van der Waals surface area contributed by atoms with Gasteiger partial charge in [0.15, 0.2) is 0 Å². The number of thiophene rings is 1. The van der Waals surface area contributed by atoms with Crippen molar-refractivity contribution in [3.05, 3.63) is 52.7 Å². The molecule has 0 bridgehead atoms. The molecule has 3 saturated heterocycles. The number of halogens is 2. The quantitative estimate of drug-likeness (QED) is 0.291. The van der Waals surface area contributed by atoms with Gasteiger partial charge in [-0.25, -0.2) is 0 Å². The first-order valence-electron chi connectivity index (χ1n) is 14.5. The van der Waals surface area contributed by atoms with E-state index in [4.69, 9.17) is 9.79 Å². The first-order valence-corrected chi connectivity index (χ1v) is 17.0. The predicted molar refractivity (Wildman–Crippen MR) is 158 cm³/mol. The Kier molecular flexibility index (Phi) is 8.27. The second kappa shape index (κ2) is 11.9. The normalized spacial score (nSPS) is 22.8. The molecular weight excluding hydrogens is 633 g/mol. The third kappa shape index (κ3) is 5.87. The molecule has 0 radical (unpaired) electrons. The van der Waals surface area contributed by atoms with E-state index in [-0.39, 0.29) is 34.0 Å². The fourth-order valence-corrected chi connectivity index (χ4v) is 7.79. The van der Waals surface area contributed by atoms with Crippen LogP contribution in [0.1, 0.15) is 57.7 Å². The molecule has 17 heteroatoms. The molecule has 3 aromatic rings. The maximum atomic E-state index is 14.2. The topological polar surface area (TPSA) is 176 Å². The number of carbonyl (C=O) groups excluding carboxylic acids is 4. The SMILES string of the molecule is O=C(N[C@H]1CCC[C@H]2CC[C@@H](C(=O)N3CCN(C(=O)c4cn[nH]c4)CC3)N2C1=O)c1cc2cc(C(F)(F)P(=O)(O)O)ccc2s1. The number of fused-ring (bicyclic) bond motifs is 2. The van der Waals surface area contributed by atoms with Crippen molar-refractivity contribution in [3.63, 3.8) is 0 Å². The van der Waals surface area contributed by atoms with Gasteiger partial charge in [0.25, 0.3) is 11.8 Å². The van der Waals surface area contributed by atoms with Gasteiger partial charge in [-0.15, -0.1) is 11.3 Å².